The van der Waals surface area contributed by atoms with Crippen molar-refractivity contribution in [2.24, 2.45) is 11.8 Å². The molecular weight excluding hydrogens is 412 g/mol. The van der Waals surface area contributed by atoms with Gasteiger partial charge in [-0.15, -0.1) is 0 Å². The monoisotopic (exact) mass is 428 g/mol. The van der Waals surface area contributed by atoms with Gasteiger partial charge in [0.05, 0.1) is 0 Å². The smallest absolute Gasteiger partial charge is 0.0461 e. The summed E-state index contributed by atoms with van der Waals surface area (Å²) in [6, 6.07) is 21.5. The molecule has 2 aromatic carbocycles. The van der Waals surface area contributed by atoms with Gasteiger partial charge in [0.15, 0.2) is 0 Å². The molecule has 23 heavy (non-hydrogen) atoms. The van der Waals surface area contributed by atoms with Crippen molar-refractivity contribution in [3.63, 3.8) is 0 Å². The molecule has 0 spiro atoms. The molecule has 2 bridgehead atoms. The van der Waals surface area contributed by atoms with Crippen LogP contribution in [-0.2, 0) is 0 Å². The highest BCUT2D eigenvalue weighted by molar-refractivity contribution is 9.10. The summed E-state index contributed by atoms with van der Waals surface area (Å²) in [5.74, 6) is 1.09. The topological polar surface area (TPSA) is 0 Å². The van der Waals surface area contributed by atoms with E-state index in [-0.39, 0.29) is 0 Å². The molecule has 2 aromatic rings. The van der Waals surface area contributed by atoms with Crippen molar-refractivity contribution >= 4 is 43.0 Å². The summed E-state index contributed by atoms with van der Waals surface area (Å²) in [4.78, 5) is 0.778. The van der Waals surface area contributed by atoms with Gasteiger partial charge in [-0.05, 0) is 40.5 Å². The van der Waals surface area contributed by atoms with E-state index in [0.29, 0.717) is 21.5 Å². The van der Waals surface area contributed by atoms with Crippen molar-refractivity contribution in [1.82, 2.24) is 0 Å². The molecule has 0 heterocycles. The van der Waals surface area contributed by atoms with Gasteiger partial charge in [-0.1, -0.05) is 105 Å². The molecule has 0 aromatic heterocycles. The van der Waals surface area contributed by atoms with E-state index in [1.165, 1.54) is 28.7 Å². The third kappa shape index (κ3) is 2.88. The molecule has 4 atom stereocenters. The van der Waals surface area contributed by atoms with Gasteiger partial charge in [-0.2, -0.15) is 0 Å². The molecule has 0 saturated heterocycles. The Morgan fingerprint density at radius 1 is 0.609 bits per heavy atom. The Balaban J connectivity index is 1.73. The van der Waals surface area contributed by atoms with Crippen molar-refractivity contribution in [1.29, 1.82) is 0 Å². The lowest BCUT2D eigenvalue weighted by atomic mass is 9.72. The first-order valence-electron chi connectivity index (χ1n) is 8.06. The first-order valence-corrected chi connectivity index (χ1v) is 9.89. The van der Waals surface area contributed by atoms with Gasteiger partial charge in [-0.25, -0.2) is 0 Å². The van der Waals surface area contributed by atoms with Crippen LogP contribution in [0.1, 0.15) is 17.5 Å². The number of fused-ring (bicyclic) bond motifs is 2. The van der Waals surface area contributed by atoms with E-state index in [1.807, 2.05) is 0 Å². The summed E-state index contributed by atoms with van der Waals surface area (Å²) >= 11 is 7.94. The van der Waals surface area contributed by atoms with Crippen molar-refractivity contribution in [3.05, 3.63) is 83.9 Å². The Morgan fingerprint density at radius 2 is 1.00 bits per heavy atom. The Morgan fingerprint density at radius 3 is 1.39 bits per heavy atom. The highest BCUT2D eigenvalue weighted by Gasteiger charge is 2.38. The van der Waals surface area contributed by atoms with Gasteiger partial charge in [0, 0.05) is 9.65 Å². The van der Waals surface area contributed by atoms with Crippen LogP contribution in [0.25, 0.3) is 11.1 Å². The van der Waals surface area contributed by atoms with Gasteiger partial charge in [-0.3, -0.25) is 0 Å². The maximum atomic E-state index is 3.97. The molecule has 4 rings (SSSR count). The highest BCUT2D eigenvalue weighted by atomic mass is 79.9. The van der Waals surface area contributed by atoms with Gasteiger partial charge in [0.2, 0.25) is 0 Å². The van der Waals surface area contributed by atoms with E-state index in [9.17, 15) is 0 Å². The summed E-state index contributed by atoms with van der Waals surface area (Å²) in [5.41, 5.74) is 5.53. The van der Waals surface area contributed by atoms with E-state index >= 15 is 0 Å². The molecule has 0 N–H and O–H groups in total. The highest BCUT2D eigenvalue weighted by Crippen LogP contribution is 2.48. The second-order valence-corrected chi connectivity index (χ2v) is 8.32. The third-order valence-electron chi connectivity index (χ3n) is 4.89. The lowest BCUT2D eigenvalue weighted by Crippen LogP contribution is -2.32. The van der Waals surface area contributed by atoms with Crippen LogP contribution >= 0.6 is 31.9 Å². The Hall–Kier alpha value is -1.12. The average molecular weight is 430 g/mol. The lowest BCUT2D eigenvalue weighted by molar-refractivity contribution is 0.476. The van der Waals surface area contributed by atoms with Gasteiger partial charge < -0.3 is 0 Å². The van der Waals surface area contributed by atoms with Crippen LogP contribution in [-0.4, -0.2) is 9.65 Å². The zero-order chi connectivity index (χ0) is 15.8. The number of rotatable bonds is 2. The standard InChI is InChI=1S/C21H18Br2/c22-20-17-11-16(12-18(20)14-7-3-1-4-8-14)21(23)19(13-17)15-9-5-2-6-10-15/h1-10,12-13,16-17,20-21H,11H2/t16-,17-,20-,21-/m1/s1. The van der Waals surface area contributed by atoms with Crippen LogP contribution < -0.4 is 0 Å². The fourth-order valence-corrected chi connectivity index (χ4v) is 5.31. The Bertz CT molecular complexity index is 680. The molecule has 2 heteroatoms. The summed E-state index contributed by atoms with van der Waals surface area (Å²) in [6.07, 6.45) is 6.15. The maximum absolute atomic E-state index is 3.97. The second kappa shape index (κ2) is 6.41. The number of halogens is 2. The molecule has 0 amide bonds. The normalized spacial score (nSPS) is 29.7. The number of benzene rings is 2. The fourth-order valence-electron chi connectivity index (χ4n) is 3.74. The zero-order valence-electron chi connectivity index (χ0n) is 12.7. The van der Waals surface area contributed by atoms with Gasteiger partial charge in [0.1, 0.15) is 0 Å². The van der Waals surface area contributed by atoms with Crippen molar-refractivity contribution in [2.45, 2.75) is 16.1 Å². The molecule has 2 aliphatic rings. The van der Waals surface area contributed by atoms with E-state index in [0.717, 1.165) is 0 Å². The molecule has 0 unspecified atom stereocenters. The van der Waals surface area contributed by atoms with Crippen LogP contribution in [0.4, 0.5) is 0 Å². The molecule has 0 aliphatic heterocycles. The quantitative estimate of drug-likeness (QED) is 0.489. The van der Waals surface area contributed by atoms with Crippen LogP contribution in [0, 0.1) is 11.8 Å². The largest absolute Gasteiger partial charge is 0.0832 e. The molecular formula is C21H18Br2. The van der Waals surface area contributed by atoms with Crippen molar-refractivity contribution in [3.8, 4) is 0 Å². The SMILES string of the molecule is Br[C@H]1C(c2ccccc2)=C[C@H]2C[C@@H]1C=C(c1ccccc1)[C@@H]2Br. The first kappa shape index (κ1) is 15.4. The predicted molar refractivity (Wildman–Crippen MR) is 106 cm³/mol. The molecule has 116 valence electrons. The number of alkyl halides is 2. The minimum atomic E-state index is 0.389. The maximum Gasteiger partial charge on any atom is 0.0461 e. The summed E-state index contributed by atoms with van der Waals surface area (Å²) in [7, 11) is 0. The van der Waals surface area contributed by atoms with Crippen LogP contribution in [0.2, 0.25) is 0 Å². The number of allylic oxidation sites excluding steroid dienone is 4. The second-order valence-electron chi connectivity index (χ2n) is 6.34. The summed E-state index contributed by atoms with van der Waals surface area (Å²) < 4.78 is 0. The average Bonchev–Trinajstić information content (AvgIpc) is 2.61. The van der Waals surface area contributed by atoms with Crippen LogP contribution in [0.15, 0.2) is 72.8 Å². The third-order valence-corrected chi connectivity index (χ3v) is 7.24. The minimum Gasteiger partial charge on any atom is -0.0832 e. The molecule has 0 saturated carbocycles. The molecule has 0 fully saturated rings. The van der Waals surface area contributed by atoms with E-state index in [1.54, 1.807) is 0 Å². The lowest BCUT2D eigenvalue weighted by Gasteiger charge is -2.39. The minimum absolute atomic E-state index is 0.389. The van der Waals surface area contributed by atoms with Gasteiger partial charge >= 0.3 is 0 Å². The Kier molecular flexibility index (Phi) is 4.29. The zero-order valence-corrected chi connectivity index (χ0v) is 15.9. The van der Waals surface area contributed by atoms with E-state index in [4.69, 9.17) is 0 Å². The summed E-state index contributed by atoms with van der Waals surface area (Å²) in [5, 5.41) is 0. The fraction of sp³-hybridized carbons (Fsp3) is 0.238. The molecule has 0 nitrogen and oxygen atoms in total. The number of hydrogen-bond donors (Lipinski definition) is 0. The molecule has 0 radical (unpaired) electrons. The number of hydrogen-bond acceptors (Lipinski definition) is 0. The Labute approximate surface area is 154 Å². The molecule has 2 aliphatic carbocycles. The van der Waals surface area contributed by atoms with Gasteiger partial charge in [0.25, 0.3) is 0 Å². The van der Waals surface area contributed by atoms with E-state index in [2.05, 4.69) is 105 Å². The van der Waals surface area contributed by atoms with Crippen LogP contribution in [0.5, 0.6) is 0 Å². The van der Waals surface area contributed by atoms with Crippen LogP contribution in [0.3, 0.4) is 0 Å². The first-order chi connectivity index (χ1) is 11.2. The van der Waals surface area contributed by atoms with E-state index < -0.39 is 0 Å². The van der Waals surface area contributed by atoms with Crippen molar-refractivity contribution < 1.29 is 0 Å². The summed E-state index contributed by atoms with van der Waals surface area (Å²) in [6.45, 7) is 0. The van der Waals surface area contributed by atoms with Crippen molar-refractivity contribution in [2.75, 3.05) is 0 Å². The predicted octanol–water partition coefficient (Wildman–Crippen LogP) is 6.33.